The molecule has 60 valence electrons. The molecule has 11 heavy (non-hydrogen) atoms. The normalized spacial score (nSPS) is 12.4. The fourth-order valence-electron chi connectivity index (χ4n) is 0.826. The maximum atomic E-state index is 5.92. The lowest BCUT2D eigenvalue weighted by molar-refractivity contribution is 1.77. The Morgan fingerprint density at radius 1 is 1.27 bits per heavy atom. The van der Waals surface area contributed by atoms with Gasteiger partial charge >= 0.3 is 0 Å². The molecule has 1 aromatic heterocycles. The highest BCUT2D eigenvalue weighted by Gasteiger charge is 2.16. The van der Waals surface area contributed by atoms with Gasteiger partial charge in [0.2, 0.25) is 0 Å². The molecule has 0 amide bonds. The highest BCUT2D eigenvalue weighted by molar-refractivity contribution is 7.44. The van der Waals surface area contributed by atoms with Crippen LogP contribution in [0.4, 0.5) is 0 Å². The molecule has 0 unspecified atom stereocenters. The Morgan fingerprint density at radius 3 is 2.27 bits per heavy atom. The minimum atomic E-state index is -1.11. The molecule has 0 saturated carbocycles. The SMILES string of the molecule is C[Si](C)(C)c1cccc(Cl)p1. The molecule has 0 aliphatic heterocycles. The van der Waals surface area contributed by atoms with Gasteiger partial charge in [0.25, 0.3) is 0 Å². The summed E-state index contributed by atoms with van der Waals surface area (Å²) in [5.74, 6) is 0. The minimum Gasteiger partial charge on any atom is -0.0790 e. The van der Waals surface area contributed by atoms with Crippen molar-refractivity contribution in [2.45, 2.75) is 19.6 Å². The maximum Gasteiger partial charge on any atom is 0.0835 e. The summed E-state index contributed by atoms with van der Waals surface area (Å²) in [5, 5.41) is 0. The van der Waals surface area contributed by atoms with Crippen LogP contribution in [0.3, 0.4) is 0 Å². The second kappa shape index (κ2) is 3.26. The van der Waals surface area contributed by atoms with Gasteiger partial charge in [0.15, 0.2) is 0 Å². The van der Waals surface area contributed by atoms with Crippen LogP contribution in [0.2, 0.25) is 24.4 Å². The van der Waals surface area contributed by atoms with Crippen molar-refractivity contribution < 1.29 is 0 Å². The Balaban J connectivity index is 3.06. The molecule has 1 aromatic rings. The van der Waals surface area contributed by atoms with E-state index in [2.05, 4.69) is 25.7 Å². The molecule has 0 N–H and O–H groups in total. The average Bonchev–Trinajstić information content (AvgIpc) is 1.86. The largest absolute Gasteiger partial charge is 0.0835 e. The van der Waals surface area contributed by atoms with E-state index in [-0.39, 0.29) is 0 Å². The van der Waals surface area contributed by atoms with Gasteiger partial charge in [-0.15, -0.1) is 0 Å². The lowest BCUT2D eigenvalue weighted by Gasteiger charge is -2.15. The van der Waals surface area contributed by atoms with Gasteiger partial charge in [-0.1, -0.05) is 51.6 Å². The van der Waals surface area contributed by atoms with E-state index in [0.29, 0.717) is 0 Å². The zero-order valence-electron chi connectivity index (χ0n) is 7.06. The van der Waals surface area contributed by atoms with E-state index in [1.807, 2.05) is 12.1 Å². The number of hydrogen-bond donors (Lipinski definition) is 0. The monoisotopic (exact) mass is 202 g/mol. The smallest absolute Gasteiger partial charge is 0.0790 e. The molecular weight excluding hydrogens is 191 g/mol. The van der Waals surface area contributed by atoms with E-state index >= 15 is 0 Å². The zero-order chi connectivity index (χ0) is 8.48. The Morgan fingerprint density at radius 2 is 1.91 bits per heavy atom. The lowest BCUT2D eigenvalue weighted by Crippen LogP contribution is -2.35. The fourth-order valence-corrected chi connectivity index (χ4v) is 4.24. The van der Waals surface area contributed by atoms with Crippen molar-refractivity contribution >= 4 is 32.8 Å². The molecule has 1 heterocycles. The Hall–Kier alpha value is 0.157. The van der Waals surface area contributed by atoms with Gasteiger partial charge < -0.3 is 0 Å². The van der Waals surface area contributed by atoms with Gasteiger partial charge in [0, 0.05) is 0 Å². The third-order valence-electron chi connectivity index (χ3n) is 1.48. The van der Waals surface area contributed by atoms with Crippen LogP contribution in [-0.2, 0) is 0 Å². The van der Waals surface area contributed by atoms with E-state index in [9.17, 15) is 0 Å². The third kappa shape index (κ3) is 2.59. The van der Waals surface area contributed by atoms with E-state index < -0.39 is 8.07 Å². The first-order valence-electron chi connectivity index (χ1n) is 3.63. The molecule has 1 rings (SSSR count). The number of rotatable bonds is 1. The van der Waals surface area contributed by atoms with Crippen molar-refractivity contribution in [1.29, 1.82) is 0 Å². The van der Waals surface area contributed by atoms with Gasteiger partial charge in [-0.3, -0.25) is 0 Å². The molecule has 0 spiro atoms. The van der Waals surface area contributed by atoms with E-state index in [1.165, 1.54) is 13.1 Å². The van der Waals surface area contributed by atoms with E-state index in [4.69, 9.17) is 11.6 Å². The summed E-state index contributed by atoms with van der Waals surface area (Å²) >= 11 is 5.92. The fraction of sp³-hybridized carbons (Fsp3) is 0.375. The quantitative estimate of drug-likeness (QED) is 0.612. The summed E-state index contributed by atoms with van der Waals surface area (Å²) in [4.78, 5) is 1.52. The van der Waals surface area contributed by atoms with Crippen molar-refractivity contribution in [2.24, 2.45) is 0 Å². The average molecular weight is 203 g/mol. The minimum absolute atomic E-state index is 0.949. The van der Waals surface area contributed by atoms with Crippen LogP contribution < -0.4 is 4.92 Å². The highest BCUT2D eigenvalue weighted by atomic mass is 35.5. The lowest BCUT2D eigenvalue weighted by atomic mass is 10.6. The van der Waals surface area contributed by atoms with E-state index in [0.717, 1.165) is 4.75 Å². The predicted molar refractivity (Wildman–Crippen MR) is 56.9 cm³/mol. The number of hydrogen-bond acceptors (Lipinski definition) is 0. The predicted octanol–water partition coefficient (Wildman–Crippen LogP) is 3.47. The Kier molecular flexibility index (Phi) is 2.74. The van der Waals surface area contributed by atoms with E-state index in [1.54, 1.807) is 0 Å². The Bertz CT molecular complexity index is 255. The summed E-state index contributed by atoms with van der Waals surface area (Å²) in [6.07, 6.45) is 0. The van der Waals surface area contributed by atoms with Crippen LogP contribution >= 0.6 is 19.8 Å². The zero-order valence-corrected chi connectivity index (χ0v) is 9.71. The molecule has 0 aromatic carbocycles. The molecular formula is C8H12ClPSi. The van der Waals surface area contributed by atoms with Crippen molar-refractivity contribution in [3.63, 3.8) is 0 Å². The first-order chi connectivity index (χ1) is 5.00. The number of halogens is 1. The van der Waals surface area contributed by atoms with Crippen LogP contribution in [-0.4, -0.2) is 8.07 Å². The molecule has 3 heteroatoms. The van der Waals surface area contributed by atoms with Crippen molar-refractivity contribution in [1.82, 2.24) is 0 Å². The van der Waals surface area contributed by atoms with Crippen LogP contribution in [0.5, 0.6) is 0 Å². The molecule has 0 bridgehead atoms. The standard InChI is InChI=1S/C8H12ClPSi/c1-11(2,3)8-6-4-5-7(9)10-8/h4-6H,1-3H3. The molecule has 0 aliphatic rings. The van der Waals surface area contributed by atoms with Gasteiger partial charge in [-0.25, -0.2) is 0 Å². The first kappa shape index (κ1) is 9.25. The summed E-state index contributed by atoms with van der Waals surface area (Å²) < 4.78 is 0.949. The molecule has 0 saturated heterocycles. The van der Waals surface area contributed by atoms with Crippen LogP contribution in [0.15, 0.2) is 18.2 Å². The molecule has 0 atom stereocenters. The summed E-state index contributed by atoms with van der Waals surface area (Å²) in [5.41, 5.74) is 0. The maximum absolute atomic E-state index is 5.92. The first-order valence-corrected chi connectivity index (χ1v) is 8.40. The third-order valence-corrected chi connectivity index (χ3v) is 6.67. The van der Waals surface area contributed by atoms with Crippen LogP contribution in [0.1, 0.15) is 0 Å². The van der Waals surface area contributed by atoms with Crippen LogP contribution in [0, 0.1) is 0 Å². The van der Waals surface area contributed by atoms with Gasteiger partial charge in [0.1, 0.15) is 0 Å². The molecule has 0 fully saturated rings. The van der Waals surface area contributed by atoms with Crippen molar-refractivity contribution in [2.75, 3.05) is 0 Å². The highest BCUT2D eigenvalue weighted by Crippen LogP contribution is 2.20. The van der Waals surface area contributed by atoms with Gasteiger partial charge in [0.05, 0.1) is 12.8 Å². The van der Waals surface area contributed by atoms with Gasteiger partial charge in [-0.2, -0.15) is 0 Å². The summed E-state index contributed by atoms with van der Waals surface area (Å²) in [6.45, 7) is 7.03. The summed E-state index contributed by atoms with van der Waals surface area (Å²) in [7, 11) is 0.118. The van der Waals surface area contributed by atoms with Crippen LogP contribution in [0.25, 0.3) is 0 Å². The Labute approximate surface area is 75.7 Å². The van der Waals surface area contributed by atoms with Crippen molar-refractivity contribution in [3.8, 4) is 0 Å². The molecule has 0 nitrogen and oxygen atoms in total. The molecule has 0 radical (unpaired) electrons. The molecule has 0 aliphatic carbocycles. The summed E-state index contributed by atoms with van der Waals surface area (Å²) in [6, 6.07) is 6.22. The van der Waals surface area contributed by atoms with Crippen molar-refractivity contribution in [3.05, 3.63) is 23.0 Å². The topological polar surface area (TPSA) is 0 Å². The second-order valence-corrected chi connectivity index (χ2v) is 10.9. The van der Waals surface area contributed by atoms with Gasteiger partial charge in [-0.05, 0) is 11.0 Å². The second-order valence-electron chi connectivity index (χ2n) is 3.60.